The number of hydrogen-bond donors (Lipinski definition) is 0. The van der Waals surface area contributed by atoms with E-state index in [0.717, 1.165) is 39.4 Å². The summed E-state index contributed by atoms with van der Waals surface area (Å²) in [6.07, 6.45) is 0. The molecule has 0 unspecified atom stereocenters. The zero-order chi connectivity index (χ0) is 39.8. The summed E-state index contributed by atoms with van der Waals surface area (Å²) in [5, 5.41) is 4.91. The van der Waals surface area contributed by atoms with E-state index in [9.17, 15) is 0 Å². The molecule has 60 heavy (non-hydrogen) atoms. The maximum atomic E-state index is 2.47. The Morgan fingerprint density at radius 1 is 0.283 bits per heavy atom. The number of para-hydroxylation sites is 3. The van der Waals surface area contributed by atoms with Gasteiger partial charge in [0.15, 0.2) is 0 Å². The molecule has 10 aromatic carbocycles. The maximum Gasteiger partial charge on any atom is 0.0562 e. The molecule has 0 spiro atoms. The van der Waals surface area contributed by atoms with Crippen LogP contribution in [0.25, 0.3) is 82.8 Å². The molecule has 282 valence electrons. The Morgan fingerprint density at radius 3 is 1.63 bits per heavy atom. The Balaban J connectivity index is 1.14. The van der Waals surface area contributed by atoms with E-state index in [2.05, 4.69) is 252 Å². The number of anilines is 3. The summed E-state index contributed by atoms with van der Waals surface area (Å²) < 4.78 is 2.47. The molecule has 0 radical (unpaired) electrons. The lowest BCUT2D eigenvalue weighted by atomic mass is 9.96. The summed E-state index contributed by atoms with van der Waals surface area (Å²) in [6.45, 7) is 0. The number of hydrogen-bond acceptors (Lipinski definition) is 1. The smallest absolute Gasteiger partial charge is 0.0562 e. The minimum atomic E-state index is 1.08. The van der Waals surface area contributed by atoms with E-state index >= 15 is 0 Å². The van der Waals surface area contributed by atoms with Crippen LogP contribution < -0.4 is 4.90 Å². The lowest BCUT2D eigenvalue weighted by Crippen LogP contribution is -2.11. The van der Waals surface area contributed by atoms with Gasteiger partial charge in [-0.3, -0.25) is 0 Å². The Kier molecular flexibility index (Phi) is 8.87. The van der Waals surface area contributed by atoms with Crippen LogP contribution in [-0.4, -0.2) is 4.57 Å². The minimum absolute atomic E-state index is 1.08. The van der Waals surface area contributed by atoms with E-state index in [4.69, 9.17) is 0 Å². The first-order valence-electron chi connectivity index (χ1n) is 20.6. The molecular weight excluding hydrogens is 725 g/mol. The van der Waals surface area contributed by atoms with E-state index in [0.29, 0.717) is 0 Å². The molecule has 11 aromatic rings. The third-order valence-electron chi connectivity index (χ3n) is 11.8. The van der Waals surface area contributed by atoms with Crippen molar-refractivity contribution in [1.82, 2.24) is 4.57 Å². The molecule has 0 fully saturated rings. The van der Waals surface area contributed by atoms with Crippen LogP contribution >= 0.6 is 0 Å². The predicted octanol–water partition coefficient (Wildman–Crippen LogP) is 16.1. The topological polar surface area (TPSA) is 8.17 Å². The molecule has 0 aliphatic carbocycles. The Morgan fingerprint density at radius 2 is 0.817 bits per heavy atom. The number of nitrogens with zero attached hydrogens (tertiary/aromatic N) is 2. The van der Waals surface area contributed by atoms with E-state index in [1.165, 1.54) is 60.4 Å². The monoisotopic (exact) mass is 764 g/mol. The summed E-state index contributed by atoms with van der Waals surface area (Å²) in [4.78, 5) is 2.43. The third kappa shape index (κ3) is 6.23. The summed E-state index contributed by atoms with van der Waals surface area (Å²) in [7, 11) is 0. The number of aromatic nitrogens is 1. The lowest BCUT2D eigenvalue weighted by Gasteiger charge is -2.28. The van der Waals surface area contributed by atoms with E-state index in [1.807, 2.05) is 0 Å². The molecule has 0 saturated carbocycles. The Hall–Kier alpha value is -7.94. The highest BCUT2D eigenvalue weighted by Crippen LogP contribution is 2.45. The van der Waals surface area contributed by atoms with Crippen LogP contribution in [-0.2, 0) is 0 Å². The Bertz CT molecular complexity index is 3300. The fourth-order valence-electron chi connectivity index (χ4n) is 8.98. The molecule has 1 heterocycles. The molecule has 0 atom stereocenters. The van der Waals surface area contributed by atoms with Crippen molar-refractivity contribution >= 4 is 49.6 Å². The highest BCUT2D eigenvalue weighted by Gasteiger charge is 2.21. The van der Waals surface area contributed by atoms with Crippen molar-refractivity contribution in [3.63, 3.8) is 0 Å². The molecule has 2 nitrogen and oxygen atoms in total. The van der Waals surface area contributed by atoms with Crippen molar-refractivity contribution in [1.29, 1.82) is 0 Å². The van der Waals surface area contributed by atoms with Gasteiger partial charge < -0.3 is 9.47 Å². The van der Waals surface area contributed by atoms with Crippen molar-refractivity contribution < 1.29 is 0 Å². The minimum Gasteiger partial charge on any atom is -0.310 e. The molecule has 0 N–H and O–H groups in total. The molecule has 0 aliphatic rings. The first-order chi connectivity index (χ1) is 29.8. The third-order valence-corrected chi connectivity index (χ3v) is 11.8. The van der Waals surface area contributed by atoms with Crippen molar-refractivity contribution in [3.05, 3.63) is 243 Å². The van der Waals surface area contributed by atoms with E-state index in [1.54, 1.807) is 0 Å². The van der Waals surface area contributed by atoms with Gasteiger partial charge in [0.1, 0.15) is 0 Å². The fraction of sp³-hybridized carbons (Fsp3) is 0. The van der Waals surface area contributed by atoms with Crippen LogP contribution in [0.4, 0.5) is 17.1 Å². The average Bonchev–Trinajstić information content (AvgIpc) is 3.66. The van der Waals surface area contributed by atoms with Crippen LogP contribution in [0.15, 0.2) is 243 Å². The molecule has 2 heteroatoms. The second kappa shape index (κ2) is 15.1. The zero-order valence-corrected chi connectivity index (χ0v) is 33.0. The summed E-state index contributed by atoms with van der Waals surface area (Å²) in [5.74, 6) is 0. The molecule has 0 bridgehead atoms. The van der Waals surface area contributed by atoms with Crippen LogP contribution in [0.3, 0.4) is 0 Å². The molecule has 11 rings (SSSR count). The average molecular weight is 765 g/mol. The summed E-state index contributed by atoms with van der Waals surface area (Å²) in [5.41, 5.74) is 16.2. The number of rotatable bonds is 8. The first-order valence-corrected chi connectivity index (χ1v) is 20.6. The van der Waals surface area contributed by atoms with Crippen LogP contribution in [0, 0.1) is 0 Å². The molecule has 1 aromatic heterocycles. The molecule has 0 amide bonds. The number of fused-ring (bicyclic) bond motifs is 4. The summed E-state index contributed by atoms with van der Waals surface area (Å²) >= 11 is 0. The fourth-order valence-corrected chi connectivity index (χ4v) is 8.98. The second-order valence-corrected chi connectivity index (χ2v) is 15.3. The van der Waals surface area contributed by atoms with Gasteiger partial charge in [-0.15, -0.1) is 0 Å². The van der Waals surface area contributed by atoms with Gasteiger partial charge in [-0.1, -0.05) is 194 Å². The summed E-state index contributed by atoms with van der Waals surface area (Å²) in [6, 6.07) is 87.9. The number of benzene rings is 10. The maximum absolute atomic E-state index is 2.47. The van der Waals surface area contributed by atoms with Crippen LogP contribution in [0.1, 0.15) is 0 Å². The van der Waals surface area contributed by atoms with E-state index < -0.39 is 0 Å². The van der Waals surface area contributed by atoms with Crippen molar-refractivity contribution in [2.75, 3.05) is 4.90 Å². The van der Waals surface area contributed by atoms with Gasteiger partial charge in [0, 0.05) is 33.3 Å². The first kappa shape index (κ1) is 35.2. The van der Waals surface area contributed by atoms with E-state index in [-0.39, 0.29) is 0 Å². The van der Waals surface area contributed by atoms with Gasteiger partial charge in [-0.05, 0) is 92.7 Å². The lowest BCUT2D eigenvalue weighted by molar-refractivity contribution is 1.18. The van der Waals surface area contributed by atoms with Gasteiger partial charge in [0.25, 0.3) is 0 Å². The SMILES string of the molecule is c1ccc(-c2ccc(N(c3ccc4c5ccccc5n(-c5ccccc5-c5cccc6ccccc56)c4c3)c3ccccc3-c3cccc(-c4ccccc4)c3)cc2)cc1. The largest absolute Gasteiger partial charge is 0.310 e. The second-order valence-electron chi connectivity index (χ2n) is 15.3. The highest BCUT2D eigenvalue weighted by molar-refractivity contribution is 6.11. The predicted molar refractivity (Wildman–Crippen MR) is 255 cm³/mol. The molecule has 0 saturated heterocycles. The van der Waals surface area contributed by atoms with Crippen molar-refractivity contribution in [2.24, 2.45) is 0 Å². The normalized spacial score (nSPS) is 11.3. The standard InChI is InChI=1S/C58H40N2/c1-3-17-41(18-4-1)43-33-35-47(36-34-43)59(55-30-12-9-26-50(55)46-24-15-23-45(39-46)42-19-5-2-6-20-42)48-37-38-54-53-28-11-14-32-57(53)60(58(54)40-48)56-31-13-10-27-52(56)51-29-16-22-44-21-7-8-25-49(44)51/h1-40H. The molecule has 0 aliphatic heterocycles. The molecular formula is C58H40N2. The van der Waals surface area contributed by atoms with Gasteiger partial charge in [-0.25, -0.2) is 0 Å². The van der Waals surface area contributed by atoms with Crippen LogP contribution in [0.5, 0.6) is 0 Å². The van der Waals surface area contributed by atoms with Gasteiger partial charge in [0.2, 0.25) is 0 Å². The van der Waals surface area contributed by atoms with Gasteiger partial charge >= 0.3 is 0 Å². The quantitative estimate of drug-likeness (QED) is 0.150. The van der Waals surface area contributed by atoms with Crippen molar-refractivity contribution in [2.45, 2.75) is 0 Å². The highest BCUT2D eigenvalue weighted by atomic mass is 15.1. The Labute approximate surface area is 350 Å². The zero-order valence-electron chi connectivity index (χ0n) is 33.0. The van der Waals surface area contributed by atoms with Gasteiger partial charge in [0.05, 0.1) is 22.4 Å². The van der Waals surface area contributed by atoms with Crippen molar-refractivity contribution in [3.8, 4) is 50.2 Å². The van der Waals surface area contributed by atoms with Crippen LogP contribution in [0.2, 0.25) is 0 Å². The van der Waals surface area contributed by atoms with Gasteiger partial charge in [-0.2, -0.15) is 0 Å².